The highest BCUT2D eigenvalue weighted by Gasteiger charge is 2.03. The molecule has 4 heteroatoms. The van der Waals surface area contributed by atoms with Crippen LogP contribution in [0.5, 0.6) is 0 Å². The summed E-state index contributed by atoms with van der Waals surface area (Å²) in [5.74, 6) is 0. The second-order valence-electron chi connectivity index (χ2n) is 4.41. The van der Waals surface area contributed by atoms with Gasteiger partial charge in [0.15, 0.2) is 0 Å². The van der Waals surface area contributed by atoms with Gasteiger partial charge in [0.1, 0.15) is 6.07 Å². The number of rotatable bonds is 5. The molecule has 1 N–H and O–H groups in total. The van der Waals surface area contributed by atoms with Crippen LogP contribution < -0.4 is 5.32 Å². The topological polar surface area (TPSA) is 45.0 Å². The zero-order valence-corrected chi connectivity index (χ0v) is 11.9. The summed E-state index contributed by atoms with van der Waals surface area (Å²) < 4.78 is 5.12. The van der Waals surface area contributed by atoms with Gasteiger partial charge >= 0.3 is 0 Å². The fourth-order valence-electron chi connectivity index (χ4n) is 1.96. The molecular weight excluding hydrogens is 272 g/mol. The molecular formula is C16H15ClN2O. The average molecular weight is 287 g/mol. The Labute approximate surface area is 123 Å². The molecule has 2 rings (SSSR count). The fourth-order valence-corrected chi connectivity index (χ4v) is 2.13. The van der Waals surface area contributed by atoms with Crippen molar-refractivity contribution in [3.63, 3.8) is 0 Å². The van der Waals surface area contributed by atoms with Gasteiger partial charge in [-0.2, -0.15) is 5.26 Å². The fraction of sp³-hybridized carbons (Fsp3) is 0.188. The van der Waals surface area contributed by atoms with Crippen molar-refractivity contribution >= 4 is 17.3 Å². The predicted molar refractivity (Wildman–Crippen MR) is 80.6 cm³/mol. The number of nitrogens with one attached hydrogen (secondary N) is 1. The van der Waals surface area contributed by atoms with Gasteiger partial charge < -0.3 is 10.1 Å². The van der Waals surface area contributed by atoms with Crippen molar-refractivity contribution in [2.45, 2.75) is 13.2 Å². The summed E-state index contributed by atoms with van der Waals surface area (Å²) in [7, 11) is 1.68. The van der Waals surface area contributed by atoms with Crippen molar-refractivity contribution in [1.29, 1.82) is 5.26 Å². The van der Waals surface area contributed by atoms with Gasteiger partial charge in [0.05, 0.1) is 17.9 Å². The van der Waals surface area contributed by atoms with Crippen LogP contribution in [0, 0.1) is 11.3 Å². The molecule has 0 aliphatic rings. The highest BCUT2D eigenvalue weighted by Crippen LogP contribution is 2.20. The smallest absolute Gasteiger partial charge is 0.101 e. The monoisotopic (exact) mass is 286 g/mol. The molecule has 0 amide bonds. The molecule has 2 aromatic carbocycles. The molecule has 0 aromatic heterocycles. The molecule has 20 heavy (non-hydrogen) atoms. The molecule has 3 nitrogen and oxygen atoms in total. The van der Waals surface area contributed by atoms with Gasteiger partial charge in [-0.05, 0) is 29.3 Å². The molecule has 0 unspecified atom stereocenters. The van der Waals surface area contributed by atoms with E-state index in [4.69, 9.17) is 21.6 Å². The minimum Gasteiger partial charge on any atom is -0.380 e. The van der Waals surface area contributed by atoms with E-state index in [9.17, 15) is 0 Å². The highest BCUT2D eigenvalue weighted by atomic mass is 35.5. The van der Waals surface area contributed by atoms with E-state index in [0.717, 1.165) is 16.8 Å². The number of nitriles is 1. The Bertz CT molecular complexity index is 635. The molecule has 2 aromatic rings. The van der Waals surface area contributed by atoms with Crippen LogP contribution >= 0.6 is 11.6 Å². The number of methoxy groups -OCH3 is 1. The largest absolute Gasteiger partial charge is 0.380 e. The number of hydrogen-bond donors (Lipinski definition) is 1. The second-order valence-corrected chi connectivity index (χ2v) is 4.84. The lowest BCUT2D eigenvalue weighted by molar-refractivity contribution is 0.185. The number of benzene rings is 2. The SMILES string of the molecule is COCc1cccc(CNc2ccc(Cl)cc2C#N)c1. The highest BCUT2D eigenvalue weighted by molar-refractivity contribution is 6.30. The minimum atomic E-state index is 0.547. The molecule has 0 fully saturated rings. The molecule has 102 valence electrons. The molecule has 0 spiro atoms. The van der Waals surface area contributed by atoms with Gasteiger partial charge in [0.25, 0.3) is 0 Å². The molecule has 0 saturated carbocycles. The van der Waals surface area contributed by atoms with Gasteiger partial charge in [-0.3, -0.25) is 0 Å². The number of halogens is 1. The first kappa shape index (κ1) is 14.4. The van der Waals surface area contributed by atoms with Crippen molar-refractivity contribution in [2.24, 2.45) is 0 Å². The van der Waals surface area contributed by atoms with E-state index in [1.54, 1.807) is 19.2 Å². The second kappa shape index (κ2) is 6.95. The summed E-state index contributed by atoms with van der Waals surface area (Å²) in [6.45, 7) is 1.24. The third-order valence-corrected chi connectivity index (χ3v) is 3.12. The Morgan fingerprint density at radius 1 is 1.20 bits per heavy atom. The quantitative estimate of drug-likeness (QED) is 0.904. The maximum atomic E-state index is 9.09. The van der Waals surface area contributed by atoms with E-state index in [2.05, 4.69) is 17.5 Å². The van der Waals surface area contributed by atoms with E-state index in [-0.39, 0.29) is 0 Å². The number of hydrogen-bond acceptors (Lipinski definition) is 3. The Morgan fingerprint density at radius 3 is 2.75 bits per heavy atom. The summed E-state index contributed by atoms with van der Waals surface area (Å²) in [6, 6.07) is 15.5. The average Bonchev–Trinajstić information content (AvgIpc) is 2.46. The Kier molecular flexibility index (Phi) is 5.00. The number of nitrogens with zero attached hydrogens (tertiary/aromatic N) is 1. The normalized spacial score (nSPS) is 10.1. The first-order chi connectivity index (χ1) is 9.72. The summed E-state index contributed by atoms with van der Waals surface area (Å²) in [4.78, 5) is 0. The molecule has 0 saturated heterocycles. The van der Waals surface area contributed by atoms with Crippen molar-refractivity contribution < 1.29 is 4.74 Å². The molecule has 0 bridgehead atoms. The summed E-state index contributed by atoms with van der Waals surface area (Å²) >= 11 is 5.88. The van der Waals surface area contributed by atoms with Crippen LogP contribution in [-0.4, -0.2) is 7.11 Å². The first-order valence-electron chi connectivity index (χ1n) is 6.23. The molecule has 0 atom stereocenters. The van der Waals surface area contributed by atoms with Gasteiger partial charge in [-0.1, -0.05) is 35.9 Å². The Balaban J connectivity index is 2.09. The number of ether oxygens (including phenoxy) is 1. The molecule has 0 aliphatic carbocycles. The van der Waals surface area contributed by atoms with Crippen molar-refractivity contribution in [3.05, 3.63) is 64.2 Å². The first-order valence-corrected chi connectivity index (χ1v) is 6.61. The van der Waals surface area contributed by atoms with E-state index < -0.39 is 0 Å². The van der Waals surface area contributed by atoms with Crippen LogP contribution in [0.4, 0.5) is 5.69 Å². The lowest BCUT2D eigenvalue weighted by Gasteiger charge is -2.09. The Morgan fingerprint density at radius 2 is 2.00 bits per heavy atom. The van der Waals surface area contributed by atoms with Crippen LogP contribution in [0.15, 0.2) is 42.5 Å². The zero-order valence-electron chi connectivity index (χ0n) is 11.2. The third kappa shape index (κ3) is 3.74. The van der Waals surface area contributed by atoms with E-state index in [1.165, 1.54) is 0 Å². The standard InChI is InChI=1S/C16H15ClN2O/c1-20-11-13-4-2-3-12(7-13)10-19-16-6-5-15(17)8-14(16)9-18/h2-8,19H,10-11H2,1H3. The van der Waals surface area contributed by atoms with E-state index in [1.807, 2.05) is 24.3 Å². The van der Waals surface area contributed by atoms with Crippen molar-refractivity contribution in [1.82, 2.24) is 0 Å². The van der Waals surface area contributed by atoms with E-state index >= 15 is 0 Å². The molecule has 0 radical (unpaired) electrons. The van der Waals surface area contributed by atoms with Gasteiger partial charge in [0.2, 0.25) is 0 Å². The van der Waals surface area contributed by atoms with Crippen LogP contribution in [-0.2, 0) is 17.9 Å². The van der Waals surface area contributed by atoms with Crippen molar-refractivity contribution in [3.8, 4) is 6.07 Å². The van der Waals surface area contributed by atoms with Gasteiger partial charge in [0, 0.05) is 18.7 Å². The maximum absolute atomic E-state index is 9.09. The van der Waals surface area contributed by atoms with Crippen LogP contribution in [0.25, 0.3) is 0 Å². The summed E-state index contributed by atoms with van der Waals surface area (Å²) in [5, 5.41) is 12.9. The lowest BCUT2D eigenvalue weighted by Crippen LogP contribution is -2.02. The van der Waals surface area contributed by atoms with Crippen LogP contribution in [0.1, 0.15) is 16.7 Å². The molecule has 0 heterocycles. The van der Waals surface area contributed by atoms with Gasteiger partial charge in [-0.25, -0.2) is 0 Å². The maximum Gasteiger partial charge on any atom is 0.101 e. The summed E-state index contributed by atoms with van der Waals surface area (Å²) in [5.41, 5.74) is 3.60. The minimum absolute atomic E-state index is 0.547. The Hall–Kier alpha value is -2.02. The molecule has 0 aliphatic heterocycles. The number of anilines is 1. The van der Waals surface area contributed by atoms with Crippen LogP contribution in [0.2, 0.25) is 5.02 Å². The van der Waals surface area contributed by atoms with E-state index in [0.29, 0.717) is 23.7 Å². The summed E-state index contributed by atoms with van der Waals surface area (Å²) in [6.07, 6.45) is 0. The van der Waals surface area contributed by atoms with Crippen LogP contribution in [0.3, 0.4) is 0 Å². The van der Waals surface area contributed by atoms with Gasteiger partial charge in [-0.15, -0.1) is 0 Å². The zero-order chi connectivity index (χ0) is 14.4. The third-order valence-electron chi connectivity index (χ3n) is 2.89. The predicted octanol–water partition coefficient (Wildman–Crippen LogP) is 3.97. The lowest BCUT2D eigenvalue weighted by atomic mass is 10.1. The van der Waals surface area contributed by atoms with Crippen molar-refractivity contribution in [2.75, 3.05) is 12.4 Å².